The molecular weight excluding hydrogens is 415 g/mol. The molecule has 2 aliphatic rings. The molecule has 0 N–H and O–H groups in total. The molecule has 8 heteroatoms. The van der Waals surface area contributed by atoms with Gasteiger partial charge in [0.15, 0.2) is 5.13 Å². The van der Waals surface area contributed by atoms with Crippen LogP contribution in [-0.2, 0) is 9.59 Å². The molecule has 1 aliphatic heterocycles. The van der Waals surface area contributed by atoms with E-state index in [0.29, 0.717) is 16.9 Å². The molecule has 0 atom stereocenters. The van der Waals surface area contributed by atoms with E-state index in [1.54, 1.807) is 29.7 Å². The Balaban J connectivity index is 1.38. The van der Waals surface area contributed by atoms with Crippen LogP contribution in [0.1, 0.15) is 38.3 Å². The first-order chi connectivity index (χ1) is 15.0. The Morgan fingerprint density at radius 1 is 1.16 bits per heavy atom. The summed E-state index contributed by atoms with van der Waals surface area (Å²) in [6.45, 7) is 4.72. The number of anilines is 2. The van der Waals surface area contributed by atoms with Crippen molar-refractivity contribution in [2.45, 2.75) is 38.6 Å². The second-order valence-electron chi connectivity index (χ2n) is 7.99. The molecule has 4 rings (SSSR count). The lowest BCUT2D eigenvalue weighted by atomic mass is 10.2. The third-order valence-corrected chi connectivity index (χ3v) is 6.82. The highest BCUT2D eigenvalue weighted by atomic mass is 32.1. The lowest BCUT2D eigenvalue weighted by Gasteiger charge is -2.37. The average Bonchev–Trinajstić information content (AvgIpc) is 3.46. The molecule has 2 fully saturated rings. The Labute approximate surface area is 186 Å². The molecule has 0 bridgehead atoms. The third kappa shape index (κ3) is 5.02. The number of thiazole rings is 1. The number of aromatic nitrogens is 1. The van der Waals surface area contributed by atoms with E-state index >= 15 is 0 Å². The number of piperazine rings is 1. The van der Waals surface area contributed by atoms with Crippen molar-refractivity contribution in [3.05, 3.63) is 47.2 Å². The summed E-state index contributed by atoms with van der Waals surface area (Å²) in [5.41, 5.74) is 0.733. The first-order valence-corrected chi connectivity index (χ1v) is 11.6. The van der Waals surface area contributed by atoms with Gasteiger partial charge in [-0.05, 0) is 31.1 Å². The number of para-hydroxylation sites is 1. The standard InChI is InChI=1S/C23H27FN4O2S/c1-17(29)28(21-9-5-4-8-20(21)24)23-25-18(16-31-23)10-11-22(30)27-14-12-26(13-15-27)19-6-2-3-7-19/h4-5,8-11,16,19H,2-3,6-7,12-15H2,1H3/b11-10+. The lowest BCUT2D eigenvalue weighted by molar-refractivity contribution is -0.128. The maximum atomic E-state index is 14.2. The first kappa shape index (κ1) is 21.6. The molecule has 2 aromatic rings. The Morgan fingerprint density at radius 3 is 2.55 bits per heavy atom. The Bertz CT molecular complexity index is 962. The lowest BCUT2D eigenvalue weighted by Crippen LogP contribution is -2.51. The number of halogens is 1. The van der Waals surface area contributed by atoms with Gasteiger partial charge in [0.05, 0.1) is 11.4 Å². The molecule has 1 aromatic heterocycles. The number of carbonyl (C=O) groups excluding carboxylic acids is 2. The van der Waals surface area contributed by atoms with Crippen LogP contribution in [0.2, 0.25) is 0 Å². The average molecular weight is 443 g/mol. The van der Waals surface area contributed by atoms with Crippen molar-refractivity contribution in [3.63, 3.8) is 0 Å². The minimum absolute atomic E-state index is 0.0295. The highest BCUT2D eigenvalue weighted by Gasteiger charge is 2.27. The number of hydrogen-bond acceptors (Lipinski definition) is 5. The first-order valence-electron chi connectivity index (χ1n) is 10.7. The van der Waals surface area contributed by atoms with Gasteiger partial charge in [0, 0.05) is 50.6 Å². The zero-order valence-electron chi connectivity index (χ0n) is 17.7. The maximum absolute atomic E-state index is 14.2. The molecule has 1 saturated heterocycles. The van der Waals surface area contributed by atoms with Gasteiger partial charge in [-0.15, -0.1) is 11.3 Å². The number of benzene rings is 1. The molecule has 0 unspecified atom stereocenters. The fourth-order valence-electron chi connectivity index (χ4n) is 4.33. The molecule has 6 nitrogen and oxygen atoms in total. The van der Waals surface area contributed by atoms with Crippen molar-refractivity contribution in [1.82, 2.24) is 14.8 Å². The van der Waals surface area contributed by atoms with E-state index in [2.05, 4.69) is 9.88 Å². The van der Waals surface area contributed by atoms with E-state index in [1.807, 2.05) is 4.90 Å². The van der Waals surface area contributed by atoms with E-state index < -0.39 is 5.82 Å². The summed E-state index contributed by atoms with van der Waals surface area (Å²) >= 11 is 1.24. The van der Waals surface area contributed by atoms with Crippen LogP contribution in [0, 0.1) is 5.82 Å². The Morgan fingerprint density at radius 2 is 1.87 bits per heavy atom. The monoisotopic (exact) mass is 442 g/mol. The van der Waals surface area contributed by atoms with E-state index in [9.17, 15) is 14.0 Å². The van der Waals surface area contributed by atoms with E-state index in [4.69, 9.17) is 0 Å². The van der Waals surface area contributed by atoms with Gasteiger partial charge in [-0.2, -0.15) is 0 Å². The van der Waals surface area contributed by atoms with Crippen molar-refractivity contribution >= 4 is 40.0 Å². The topological polar surface area (TPSA) is 56.8 Å². The summed E-state index contributed by atoms with van der Waals surface area (Å²) < 4.78 is 14.2. The summed E-state index contributed by atoms with van der Waals surface area (Å²) in [6, 6.07) is 6.80. The number of carbonyl (C=O) groups is 2. The number of nitrogens with zero attached hydrogens (tertiary/aromatic N) is 4. The van der Waals surface area contributed by atoms with Gasteiger partial charge < -0.3 is 4.90 Å². The van der Waals surface area contributed by atoms with E-state index in [1.165, 1.54) is 61.0 Å². The molecule has 2 heterocycles. The quantitative estimate of drug-likeness (QED) is 0.655. The van der Waals surface area contributed by atoms with Gasteiger partial charge >= 0.3 is 0 Å². The van der Waals surface area contributed by atoms with Crippen molar-refractivity contribution in [1.29, 1.82) is 0 Å². The molecule has 1 aliphatic carbocycles. The van der Waals surface area contributed by atoms with Crippen LogP contribution in [-0.4, -0.2) is 58.8 Å². The SMILES string of the molecule is CC(=O)N(c1nc(/C=C/C(=O)N2CCN(C3CCCC3)CC2)cs1)c1ccccc1F. The second-order valence-corrected chi connectivity index (χ2v) is 8.83. The molecule has 164 valence electrons. The Hall–Kier alpha value is -2.58. The third-order valence-electron chi connectivity index (χ3n) is 5.97. The second kappa shape index (κ2) is 9.70. The highest BCUT2D eigenvalue weighted by Crippen LogP contribution is 2.31. The summed E-state index contributed by atoms with van der Waals surface area (Å²) in [5.74, 6) is -0.846. The zero-order valence-corrected chi connectivity index (χ0v) is 18.5. The van der Waals surface area contributed by atoms with E-state index in [0.717, 1.165) is 26.2 Å². The smallest absolute Gasteiger partial charge is 0.246 e. The summed E-state index contributed by atoms with van der Waals surface area (Å²) in [6.07, 6.45) is 8.39. The van der Waals surface area contributed by atoms with Crippen molar-refractivity contribution in [3.8, 4) is 0 Å². The number of hydrogen-bond donors (Lipinski definition) is 0. The van der Waals surface area contributed by atoms with E-state index in [-0.39, 0.29) is 17.5 Å². The molecule has 1 aromatic carbocycles. The fourth-order valence-corrected chi connectivity index (χ4v) is 5.18. The maximum Gasteiger partial charge on any atom is 0.246 e. The van der Waals surface area contributed by atoms with Crippen LogP contribution in [0.3, 0.4) is 0 Å². The number of rotatable bonds is 5. The predicted molar refractivity (Wildman–Crippen MR) is 121 cm³/mol. The predicted octanol–water partition coefficient (Wildman–Crippen LogP) is 4.07. The van der Waals surface area contributed by atoms with Crippen LogP contribution in [0.5, 0.6) is 0 Å². The van der Waals surface area contributed by atoms with Gasteiger partial charge in [-0.1, -0.05) is 25.0 Å². The molecular formula is C23H27FN4O2S. The summed E-state index contributed by atoms with van der Waals surface area (Å²) in [7, 11) is 0. The van der Waals surface area contributed by atoms with Gasteiger partial charge in [-0.3, -0.25) is 19.4 Å². The molecule has 2 amide bonds. The van der Waals surface area contributed by atoms with Crippen LogP contribution >= 0.6 is 11.3 Å². The van der Waals surface area contributed by atoms with Crippen molar-refractivity contribution < 1.29 is 14.0 Å². The molecule has 0 spiro atoms. The van der Waals surface area contributed by atoms with Crippen molar-refractivity contribution in [2.75, 3.05) is 31.1 Å². The Kier molecular flexibility index (Phi) is 6.77. The van der Waals surface area contributed by atoms with Gasteiger partial charge in [0.2, 0.25) is 11.8 Å². The zero-order chi connectivity index (χ0) is 21.8. The highest BCUT2D eigenvalue weighted by molar-refractivity contribution is 7.14. The summed E-state index contributed by atoms with van der Waals surface area (Å²) in [4.78, 5) is 34.8. The minimum Gasteiger partial charge on any atom is -0.337 e. The van der Waals surface area contributed by atoms with Crippen LogP contribution < -0.4 is 4.90 Å². The normalized spacial score (nSPS) is 18.1. The van der Waals surface area contributed by atoms with Crippen LogP contribution in [0.15, 0.2) is 35.7 Å². The van der Waals surface area contributed by atoms with Gasteiger partial charge in [-0.25, -0.2) is 9.37 Å². The molecule has 1 saturated carbocycles. The van der Waals surface area contributed by atoms with Gasteiger partial charge in [0.1, 0.15) is 5.82 Å². The largest absolute Gasteiger partial charge is 0.337 e. The van der Waals surface area contributed by atoms with Gasteiger partial charge in [0.25, 0.3) is 0 Å². The van der Waals surface area contributed by atoms with Crippen LogP contribution in [0.25, 0.3) is 6.08 Å². The molecule has 31 heavy (non-hydrogen) atoms. The number of amides is 2. The molecule has 0 radical (unpaired) electrons. The summed E-state index contributed by atoms with van der Waals surface area (Å²) in [5, 5.41) is 2.13. The minimum atomic E-state index is -0.489. The fraction of sp³-hybridized carbons (Fsp3) is 0.435. The van der Waals surface area contributed by atoms with Crippen LogP contribution in [0.4, 0.5) is 15.2 Å². The van der Waals surface area contributed by atoms with Crippen molar-refractivity contribution in [2.24, 2.45) is 0 Å².